The zero-order valence-electron chi connectivity index (χ0n) is 27.5. The van der Waals surface area contributed by atoms with Crippen LogP contribution in [0.4, 0.5) is 16.4 Å². The zero-order valence-corrected chi connectivity index (χ0v) is 28.3. The van der Waals surface area contributed by atoms with E-state index in [4.69, 9.17) is 14.5 Å². The van der Waals surface area contributed by atoms with Crippen LogP contribution < -0.4 is 14.4 Å². The second kappa shape index (κ2) is 14.5. The molecular weight excluding hydrogens is 644 g/mol. The molecule has 0 unspecified atom stereocenters. The number of amides is 1. The van der Waals surface area contributed by atoms with Crippen molar-refractivity contribution in [2.45, 2.75) is 38.0 Å². The highest BCUT2D eigenvalue weighted by Crippen LogP contribution is 2.41. The molecule has 0 aliphatic carbocycles. The predicted molar refractivity (Wildman–Crippen MR) is 188 cm³/mol. The molecule has 2 N–H and O–H groups in total. The third kappa shape index (κ3) is 7.13. The molecule has 0 bridgehead atoms. The van der Waals surface area contributed by atoms with E-state index >= 15 is 0 Å². The third-order valence-electron chi connectivity index (χ3n) is 8.65. The van der Waals surface area contributed by atoms with Crippen molar-refractivity contribution in [2.24, 2.45) is 0 Å². The topological polar surface area (TPSA) is 147 Å². The Labute approximate surface area is 285 Å². The van der Waals surface area contributed by atoms with Gasteiger partial charge in [-0.1, -0.05) is 54.6 Å². The minimum absolute atomic E-state index is 0.116. The SMILES string of the molecule is COCN(c1cccc2c(Oc3ncccc3-c3ccnc(N[C@@H]4CCCN(C(=O)O)C4)n3)c(C)ccc12)S(=O)(=O)[C@H](C)c1ccccc1. The second-order valence-electron chi connectivity index (χ2n) is 11.9. The minimum atomic E-state index is -3.90. The molecule has 49 heavy (non-hydrogen) atoms. The number of anilines is 2. The summed E-state index contributed by atoms with van der Waals surface area (Å²) in [5, 5.41) is 13.3. The van der Waals surface area contributed by atoms with Crippen molar-refractivity contribution in [1.29, 1.82) is 0 Å². The summed E-state index contributed by atoms with van der Waals surface area (Å²) < 4.78 is 41.4. The Morgan fingerprint density at radius 3 is 2.61 bits per heavy atom. The molecule has 1 saturated heterocycles. The fraction of sp³-hybridized carbons (Fsp3) is 0.278. The van der Waals surface area contributed by atoms with Gasteiger partial charge in [-0.3, -0.25) is 0 Å². The first kappa shape index (κ1) is 33.6. The number of nitrogens with zero attached hydrogens (tertiary/aromatic N) is 5. The Kier molecular flexibility index (Phi) is 9.92. The van der Waals surface area contributed by atoms with Gasteiger partial charge in [0.05, 0.1) is 16.9 Å². The average Bonchev–Trinajstić information content (AvgIpc) is 3.12. The number of aryl methyl sites for hydroxylation is 1. The molecule has 3 heterocycles. The van der Waals surface area contributed by atoms with Crippen LogP contribution in [0.25, 0.3) is 22.0 Å². The van der Waals surface area contributed by atoms with Gasteiger partial charge in [0.15, 0.2) is 0 Å². The van der Waals surface area contributed by atoms with E-state index in [-0.39, 0.29) is 12.8 Å². The molecule has 0 spiro atoms. The Hall–Kier alpha value is -5.27. The number of hydrogen-bond acceptors (Lipinski definition) is 9. The van der Waals surface area contributed by atoms with Crippen LogP contribution in [-0.4, -0.2) is 72.4 Å². The third-order valence-corrected chi connectivity index (χ3v) is 10.7. The van der Waals surface area contributed by atoms with Crippen molar-refractivity contribution >= 4 is 38.5 Å². The highest BCUT2D eigenvalue weighted by atomic mass is 32.2. The Morgan fingerprint density at radius 2 is 1.84 bits per heavy atom. The summed E-state index contributed by atoms with van der Waals surface area (Å²) in [5.41, 5.74) is 3.15. The molecule has 1 amide bonds. The largest absolute Gasteiger partial charge is 0.465 e. The maximum absolute atomic E-state index is 14.1. The van der Waals surface area contributed by atoms with Gasteiger partial charge in [0.25, 0.3) is 0 Å². The summed E-state index contributed by atoms with van der Waals surface area (Å²) >= 11 is 0. The summed E-state index contributed by atoms with van der Waals surface area (Å²) in [6.45, 7) is 4.27. The summed E-state index contributed by atoms with van der Waals surface area (Å²) in [7, 11) is -2.44. The number of hydrogen-bond donors (Lipinski definition) is 2. The number of sulfonamides is 1. The number of carbonyl (C=O) groups is 1. The number of benzene rings is 3. The van der Waals surface area contributed by atoms with Crippen molar-refractivity contribution in [3.63, 3.8) is 0 Å². The lowest BCUT2D eigenvalue weighted by atomic mass is 10.0. The van der Waals surface area contributed by atoms with Gasteiger partial charge in [-0.15, -0.1) is 0 Å². The summed E-state index contributed by atoms with van der Waals surface area (Å²) in [6.07, 6.45) is 3.87. The van der Waals surface area contributed by atoms with Gasteiger partial charge in [0.2, 0.25) is 21.9 Å². The van der Waals surface area contributed by atoms with Crippen molar-refractivity contribution in [3.05, 3.63) is 102 Å². The molecule has 13 heteroatoms. The van der Waals surface area contributed by atoms with E-state index in [1.807, 2.05) is 49.4 Å². The molecule has 1 aliphatic rings. The van der Waals surface area contributed by atoms with Gasteiger partial charge in [-0.05, 0) is 62.1 Å². The van der Waals surface area contributed by atoms with Gasteiger partial charge in [-0.25, -0.2) is 32.5 Å². The number of nitrogens with one attached hydrogen (secondary N) is 1. The maximum atomic E-state index is 14.1. The number of pyridine rings is 1. The van der Waals surface area contributed by atoms with Gasteiger partial charge in [-0.2, -0.15) is 0 Å². The highest BCUT2D eigenvalue weighted by Gasteiger charge is 2.32. The molecule has 12 nitrogen and oxygen atoms in total. The fourth-order valence-electron chi connectivity index (χ4n) is 6.05. The van der Waals surface area contributed by atoms with Gasteiger partial charge < -0.3 is 24.8 Å². The summed E-state index contributed by atoms with van der Waals surface area (Å²) in [6, 6.07) is 23.6. The molecular formula is C36H38N6O6S. The van der Waals surface area contributed by atoms with Crippen LogP contribution in [0.3, 0.4) is 0 Å². The monoisotopic (exact) mass is 682 g/mol. The van der Waals surface area contributed by atoms with Crippen molar-refractivity contribution in [3.8, 4) is 22.9 Å². The first-order valence-electron chi connectivity index (χ1n) is 16.0. The number of rotatable bonds is 11. The van der Waals surface area contributed by atoms with Crippen molar-refractivity contribution in [1.82, 2.24) is 19.9 Å². The van der Waals surface area contributed by atoms with Crippen LogP contribution >= 0.6 is 0 Å². The van der Waals surface area contributed by atoms with Crippen LogP contribution in [-0.2, 0) is 14.8 Å². The van der Waals surface area contributed by atoms with E-state index in [0.29, 0.717) is 63.9 Å². The van der Waals surface area contributed by atoms with Gasteiger partial charge in [0.1, 0.15) is 17.7 Å². The normalized spacial score (nSPS) is 15.5. The predicted octanol–water partition coefficient (Wildman–Crippen LogP) is 6.85. The summed E-state index contributed by atoms with van der Waals surface area (Å²) in [5.74, 6) is 1.20. The fourth-order valence-corrected chi connectivity index (χ4v) is 7.62. The molecule has 2 atom stereocenters. The quantitative estimate of drug-likeness (QED) is 0.142. The molecule has 2 aromatic heterocycles. The maximum Gasteiger partial charge on any atom is 0.407 e. The lowest BCUT2D eigenvalue weighted by Gasteiger charge is -2.31. The van der Waals surface area contributed by atoms with E-state index in [0.717, 1.165) is 18.4 Å². The standard InChI is InChI=1S/C36H38N6O6S/c1-24-16-17-28-29(13-7-15-32(28)42(23-47-3)49(45,46)25(2)26-10-5-4-6-11-26)33(24)48-34-30(14-8-19-37-34)31-18-20-38-35(40-31)39-27-12-9-21-41(22-27)36(43)44/h4-8,10-11,13-20,25,27H,9,12,21-23H2,1-3H3,(H,43,44)(H,38,39,40)/t25-,27-/m1/s1. The number of ether oxygens (including phenoxy) is 2. The highest BCUT2D eigenvalue weighted by molar-refractivity contribution is 7.93. The molecule has 3 aromatic carbocycles. The van der Waals surface area contributed by atoms with E-state index in [2.05, 4.69) is 15.3 Å². The van der Waals surface area contributed by atoms with E-state index in [1.165, 1.54) is 16.3 Å². The molecule has 1 aliphatic heterocycles. The number of piperidine rings is 1. The van der Waals surface area contributed by atoms with Crippen molar-refractivity contribution < 1.29 is 27.8 Å². The molecule has 6 rings (SSSR count). The molecule has 0 radical (unpaired) electrons. The van der Waals surface area contributed by atoms with E-state index in [9.17, 15) is 18.3 Å². The molecule has 5 aromatic rings. The van der Waals surface area contributed by atoms with Crippen LogP contribution in [0, 0.1) is 6.92 Å². The first-order chi connectivity index (χ1) is 23.7. The van der Waals surface area contributed by atoms with E-state index in [1.54, 1.807) is 55.7 Å². The van der Waals surface area contributed by atoms with Gasteiger partial charge >= 0.3 is 6.09 Å². The van der Waals surface area contributed by atoms with Gasteiger partial charge in [0, 0.05) is 49.4 Å². The summed E-state index contributed by atoms with van der Waals surface area (Å²) in [4.78, 5) is 26.6. The Morgan fingerprint density at radius 1 is 1.02 bits per heavy atom. The van der Waals surface area contributed by atoms with Crippen LogP contribution in [0.5, 0.6) is 11.6 Å². The second-order valence-corrected chi connectivity index (χ2v) is 14.1. The van der Waals surface area contributed by atoms with Crippen molar-refractivity contribution in [2.75, 3.05) is 36.6 Å². The molecule has 254 valence electrons. The molecule has 1 fully saturated rings. The number of methoxy groups -OCH3 is 1. The molecule has 0 saturated carbocycles. The Balaban J connectivity index is 1.34. The Bertz CT molecular complexity index is 2060. The zero-order chi connectivity index (χ0) is 34.5. The lowest BCUT2D eigenvalue weighted by Crippen LogP contribution is -2.44. The lowest BCUT2D eigenvalue weighted by molar-refractivity contribution is 0.132. The number of fused-ring (bicyclic) bond motifs is 1. The van der Waals surface area contributed by atoms with Crippen LogP contribution in [0.2, 0.25) is 0 Å². The average molecular weight is 683 g/mol. The number of likely N-dealkylation sites (tertiary alicyclic amines) is 1. The van der Waals surface area contributed by atoms with Crippen LogP contribution in [0.15, 0.2) is 91.3 Å². The first-order valence-corrected chi connectivity index (χ1v) is 17.5. The number of carboxylic acid groups (broad SMARTS) is 1. The van der Waals surface area contributed by atoms with E-state index < -0.39 is 21.4 Å². The number of aromatic nitrogens is 3. The van der Waals surface area contributed by atoms with Crippen LogP contribution in [0.1, 0.15) is 36.1 Å². The smallest absolute Gasteiger partial charge is 0.407 e. The minimum Gasteiger partial charge on any atom is -0.465 e.